The van der Waals surface area contributed by atoms with Crippen LogP contribution in [0.15, 0.2) is 25.9 Å². The first kappa shape index (κ1) is 28.3. The largest absolute Gasteiger partial charge is 0.458 e. The number of ether oxygens (including phenoxy) is 2. The molecule has 0 aliphatic carbocycles. The van der Waals surface area contributed by atoms with E-state index in [2.05, 4.69) is 36.3 Å². The Morgan fingerprint density at radius 2 is 2.09 bits per heavy atom. The zero-order chi connectivity index (χ0) is 26.3. The van der Waals surface area contributed by atoms with Gasteiger partial charge in [-0.15, -0.1) is 0 Å². The molecule has 0 spiro atoms. The summed E-state index contributed by atoms with van der Waals surface area (Å²) >= 11 is 3.09. The Labute approximate surface area is 209 Å². The van der Waals surface area contributed by atoms with Crippen molar-refractivity contribution in [3.8, 4) is 0 Å². The second-order valence-corrected chi connectivity index (χ2v) is 9.33. The molecule has 0 radical (unpaired) electrons. The van der Waals surface area contributed by atoms with Crippen molar-refractivity contribution in [1.29, 1.82) is 0 Å². The highest BCUT2D eigenvalue weighted by Gasteiger charge is 2.41. The number of carbonyl (C=O) groups is 2. The molecule has 1 aliphatic heterocycles. The quantitative estimate of drug-likeness (QED) is 0.168. The molecular weight excluding hydrogens is 526 g/mol. The highest BCUT2D eigenvalue weighted by Crippen LogP contribution is 2.31. The Morgan fingerprint density at radius 1 is 1.40 bits per heavy atom. The van der Waals surface area contributed by atoms with E-state index in [0.29, 0.717) is 0 Å². The molecule has 1 aromatic rings. The van der Waals surface area contributed by atoms with Crippen molar-refractivity contribution in [2.45, 2.75) is 64.6 Å². The zero-order valence-corrected chi connectivity index (χ0v) is 21.5. The number of aromatic amines is 1. The molecular formula is C21H30BrN7O6. The first-order chi connectivity index (χ1) is 16.5. The third kappa shape index (κ3) is 7.28. The molecule has 0 aromatic carbocycles. The summed E-state index contributed by atoms with van der Waals surface area (Å²) in [5.41, 5.74) is 13.5. The van der Waals surface area contributed by atoms with Gasteiger partial charge in [-0.3, -0.25) is 19.1 Å². The SMILES string of the molecule is CC(C)[C@H](N)C(=O)N[C@H](C(=O)O[C@H]1C[C@H](n2cc(/C=C/Br)c(=O)[nH]c2=O)O[C@@H]1CN=[N+]=[N-])C(C)C. The summed E-state index contributed by atoms with van der Waals surface area (Å²) in [7, 11) is 0. The van der Waals surface area contributed by atoms with Crippen LogP contribution < -0.4 is 22.3 Å². The number of hydrogen-bond acceptors (Lipinski definition) is 8. The van der Waals surface area contributed by atoms with E-state index in [4.69, 9.17) is 20.7 Å². The maximum atomic E-state index is 13.0. The second kappa shape index (κ2) is 12.7. The number of nitrogens with one attached hydrogen (secondary N) is 2. The van der Waals surface area contributed by atoms with E-state index < -0.39 is 53.6 Å². The molecule has 1 aliphatic rings. The predicted molar refractivity (Wildman–Crippen MR) is 131 cm³/mol. The first-order valence-corrected chi connectivity index (χ1v) is 12.0. The summed E-state index contributed by atoms with van der Waals surface area (Å²) in [4.78, 5) is 56.2. The fraction of sp³-hybridized carbons (Fsp3) is 0.619. The molecule has 2 heterocycles. The van der Waals surface area contributed by atoms with Crippen LogP contribution in [0.1, 0.15) is 45.9 Å². The predicted octanol–water partition coefficient (Wildman–Crippen LogP) is 1.54. The first-order valence-electron chi connectivity index (χ1n) is 11.0. The van der Waals surface area contributed by atoms with Crippen LogP contribution in [0.5, 0.6) is 0 Å². The monoisotopic (exact) mass is 555 g/mol. The lowest BCUT2D eigenvalue weighted by Crippen LogP contribution is -2.53. The smallest absolute Gasteiger partial charge is 0.330 e. The number of esters is 1. The van der Waals surface area contributed by atoms with E-state index in [1.807, 2.05) is 0 Å². The molecule has 1 amide bonds. The van der Waals surface area contributed by atoms with Gasteiger partial charge in [0.15, 0.2) is 0 Å². The summed E-state index contributed by atoms with van der Waals surface area (Å²) in [5.74, 6) is -1.62. The van der Waals surface area contributed by atoms with Crippen LogP contribution >= 0.6 is 15.9 Å². The molecule has 0 bridgehead atoms. The summed E-state index contributed by atoms with van der Waals surface area (Å²) < 4.78 is 12.7. The third-order valence-corrected chi connectivity index (χ3v) is 5.82. The number of carbonyl (C=O) groups excluding carboxylic acids is 2. The normalized spacial score (nSPS) is 21.7. The molecule has 5 atom stereocenters. The van der Waals surface area contributed by atoms with Crippen molar-refractivity contribution >= 4 is 33.9 Å². The lowest BCUT2D eigenvalue weighted by Gasteiger charge is -2.26. The van der Waals surface area contributed by atoms with Gasteiger partial charge in [0.2, 0.25) is 5.91 Å². The minimum atomic E-state index is -0.974. The van der Waals surface area contributed by atoms with Gasteiger partial charge < -0.3 is 20.5 Å². The van der Waals surface area contributed by atoms with Crippen molar-refractivity contribution in [2.24, 2.45) is 22.7 Å². The standard InChI is InChI=1S/C21H30BrN7O6/c1-10(2)16(23)19(31)26-17(11(3)4)20(32)35-13-7-15(34-14(13)8-25-28-24)29-9-12(5-6-22)18(30)27-21(29)33/h5-6,9-11,13-17H,7-8,23H2,1-4H3,(H,26,31)(H,27,30,33)/b6-5+/t13-,14+,15+,16-,17-/m0/s1. The van der Waals surface area contributed by atoms with Gasteiger partial charge in [-0.2, -0.15) is 0 Å². The zero-order valence-electron chi connectivity index (χ0n) is 19.9. The molecule has 1 fully saturated rings. The van der Waals surface area contributed by atoms with Crippen LogP contribution in [0.3, 0.4) is 0 Å². The fourth-order valence-electron chi connectivity index (χ4n) is 3.45. The maximum absolute atomic E-state index is 13.0. The Morgan fingerprint density at radius 3 is 2.66 bits per heavy atom. The highest BCUT2D eigenvalue weighted by atomic mass is 79.9. The number of nitrogens with zero attached hydrogens (tertiary/aromatic N) is 4. The second-order valence-electron chi connectivity index (χ2n) is 8.80. The van der Waals surface area contributed by atoms with Crippen LogP contribution in [0.25, 0.3) is 16.5 Å². The Bertz CT molecular complexity index is 1110. The van der Waals surface area contributed by atoms with Gasteiger partial charge in [-0.05, 0) is 28.4 Å². The molecule has 0 saturated carbocycles. The van der Waals surface area contributed by atoms with E-state index in [1.165, 1.54) is 21.8 Å². The Balaban J connectivity index is 2.27. The van der Waals surface area contributed by atoms with Crippen molar-refractivity contribution in [1.82, 2.24) is 14.9 Å². The third-order valence-electron chi connectivity index (χ3n) is 5.56. The molecule has 2 rings (SSSR count). The summed E-state index contributed by atoms with van der Waals surface area (Å²) in [5, 5.41) is 6.15. The van der Waals surface area contributed by atoms with Gasteiger partial charge in [-0.1, -0.05) is 48.7 Å². The molecule has 1 aromatic heterocycles. The van der Waals surface area contributed by atoms with Gasteiger partial charge in [0, 0.05) is 17.5 Å². The van der Waals surface area contributed by atoms with Gasteiger partial charge >= 0.3 is 11.7 Å². The van der Waals surface area contributed by atoms with Crippen molar-refractivity contribution in [2.75, 3.05) is 6.54 Å². The molecule has 192 valence electrons. The number of azide groups is 1. The van der Waals surface area contributed by atoms with E-state index in [0.717, 1.165) is 0 Å². The van der Waals surface area contributed by atoms with Gasteiger partial charge in [-0.25, -0.2) is 9.59 Å². The number of amides is 1. The highest BCUT2D eigenvalue weighted by molar-refractivity contribution is 9.11. The van der Waals surface area contributed by atoms with Gasteiger partial charge in [0.1, 0.15) is 24.5 Å². The van der Waals surface area contributed by atoms with Crippen LogP contribution in [-0.4, -0.2) is 52.3 Å². The number of H-pyrrole nitrogens is 1. The van der Waals surface area contributed by atoms with Crippen LogP contribution in [-0.2, 0) is 19.1 Å². The van der Waals surface area contributed by atoms with E-state index >= 15 is 0 Å². The lowest BCUT2D eigenvalue weighted by molar-refractivity contribution is -0.157. The Hall–Kier alpha value is -2.93. The van der Waals surface area contributed by atoms with Crippen molar-refractivity contribution < 1.29 is 19.1 Å². The van der Waals surface area contributed by atoms with Gasteiger partial charge in [0.25, 0.3) is 5.56 Å². The minimum Gasteiger partial charge on any atom is -0.458 e. The molecule has 14 heteroatoms. The van der Waals surface area contributed by atoms with Gasteiger partial charge in [0.05, 0.1) is 18.2 Å². The van der Waals surface area contributed by atoms with Crippen molar-refractivity contribution in [3.63, 3.8) is 0 Å². The maximum Gasteiger partial charge on any atom is 0.330 e. The summed E-state index contributed by atoms with van der Waals surface area (Å²) in [6.07, 6.45) is 0.184. The van der Waals surface area contributed by atoms with Crippen LogP contribution in [0.2, 0.25) is 0 Å². The number of aromatic nitrogens is 2. The molecule has 4 N–H and O–H groups in total. The number of rotatable bonds is 10. The molecule has 13 nitrogen and oxygen atoms in total. The van der Waals surface area contributed by atoms with Crippen molar-refractivity contribution in [3.05, 3.63) is 48.0 Å². The number of halogens is 1. The molecule has 0 unspecified atom stereocenters. The lowest BCUT2D eigenvalue weighted by atomic mass is 10.0. The fourth-order valence-corrected chi connectivity index (χ4v) is 3.73. The average molecular weight is 556 g/mol. The number of nitrogens with two attached hydrogens (primary N) is 1. The summed E-state index contributed by atoms with van der Waals surface area (Å²) in [6.45, 7) is 6.92. The van der Waals surface area contributed by atoms with E-state index in [9.17, 15) is 19.2 Å². The minimum absolute atomic E-state index is 0.0467. The van der Waals surface area contributed by atoms with E-state index in [-0.39, 0.29) is 30.4 Å². The molecule has 35 heavy (non-hydrogen) atoms. The summed E-state index contributed by atoms with van der Waals surface area (Å²) in [6, 6.07) is -1.77. The molecule has 1 saturated heterocycles. The average Bonchev–Trinajstić information content (AvgIpc) is 3.18. The number of hydrogen-bond donors (Lipinski definition) is 3. The Kier molecular flexibility index (Phi) is 10.3. The van der Waals surface area contributed by atoms with Crippen LogP contribution in [0, 0.1) is 11.8 Å². The van der Waals surface area contributed by atoms with Crippen LogP contribution in [0.4, 0.5) is 0 Å². The topological polar surface area (TPSA) is 194 Å². The van der Waals surface area contributed by atoms with E-state index in [1.54, 1.807) is 27.7 Å².